The number of aldehydes is 3. The molecule has 1 aliphatic heterocycles. The van der Waals surface area contributed by atoms with Crippen LogP contribution in [0.2, 0.25) is 0 Å². The van der Waals surface area contributed by atoms with Gasteiger partial charge in [0.25, 0.3) is 5.91 Å². The fourth-order valence-corrected chi connectivity index (χ4v) is 15.4. The third kappa shape index (κ3) is 49.9. The number of quaternary nitrogens is 1. The Labute approximate surface area is 833 Å². The summed E-state index contributed by atoms with van der Waals surface area (Å²) < 4.78 is 10.3. The molecule has 49 heteroatoms. The standard InChI is InChI=1S/C77H121N11O31.C17H11BrN2O.3H2O/c1-49(92)88(4,47-70(108)109)76(117)86-58(44-69(106)107)61(95)38-50(26-32-89)71(110)85-57(43-68(104)105)62(96)40-52(42-67(102)103)73(112)84-55(28-34-91)60(94)39-51(41-66(100)101)72(111)83-54(27-33-90)59(93)22-21-35-118-36-37-119-48-65(99)81-30-20-16-12-7-5-9-13-17-23-63(97)80-29-19-15-11-8-6-10-14-18-24-64(98)82-56(74(113)114)25-31-87(79)46-53(78)45-77(2,3)75(115)116;18-10-5-6-12-14(8-10)20-17(21)15(12)13-7-9-3-1-2-4-11(9)16(13)19;;;/h32-34,46,50-52,54-58H,5-31,35-45,47-48,78-79H2,1-4H3,(H13-,80,81,82,83,84,85,86,97,98,99,100,101,102,103,104,105,106,107,108,109,110,111,112,113,114,115,116,117);1-6,8,19H,7H2,(H,20,21);3*1H2/p+1/b53-46-;15-13+,19-16?;;;. The van der Waals surface area contributed by atoms with Crippen LogP contribution in [0.5, 0.6) is 0 Å². The summed E-state index contributed by atoms with van der Waals surface area (Å²) >= 11 is 3.41. The number of carbonyl (C=O) groups excluding carboxylic acids is 16. The number of rotatable bonds is 73. The smallest absolute Gasteiger partial charge is 0.424 e. The van der Waals surface area contributed by atoms with Gasteiger partial charge in [-0.2, -0.15) is 4.48 Å². The van der Waals surface area contributed by atoms with E-state index in [1.165, 1.54) is 25.1 Å². The Bertz CT molecular complexity index is 4790. The largest absolute Gasteiger partial charge is 0.481 e. The number of urea groups is 1. The fraction of sp³-hybridized carbons (Fsp3) is 0.574. The number of imide groups is 1. The van der Waals surface area contributed by atoms with Crippen LogP contribution in [0, 0.1) is 28.6 Å². The highest BCUT2D eigenvalue weighted by molar-refractivity contribution is 9.10. The summed E-state index contributed by atoms with van der Waals surface area (Å²) in [5, 5.41) is 95.7. The highest BCUT2D eigenvalue weighted by Crippen LogP contribution is 2.40. The monoisotopic (exact) mass is 2090 g/mol. The van der Waals surface area contributed by atoms with Crippen molar-refractivity contribution in [2.24, 2.45) is 34.7 Å². The first kappa shape index (κ1) is 130. The van der Waals surface area contributed by atoms with Gasteiger partial charge in [-0.1, -0.05) is 123 Å². The van der Waals surface area contributed by atoms with E-state index < -0.39 is 223 Å². The van der Waals surface area contributed by atoms with Gasteiger partial charge < -0.3 is 124 Å². The number of nitrogens with zero attached hydrogens (tertiary/aromatic N) is 2. The van der Waals surface area contributed by atoms with Crippen LogP contribution < -0.4 is 54.1 Å². The van der Waals surface area contributed by atoms with Crippen molar-refractivity contribution in [3.63, 3.8) is 0 Å². The molecule has 2 aromatic rings. The number of benzene rings is 2. The molecule has 0 bridgehead atoms. The molecule has 4 rings (SSSR count). The first-order valence-electron chi connectivity index (χ1n) is 46.2. The van der Waals surface area contributed by atoms with Gasteiger partial charge >= 0.3 is 53.7 Å². The third-order valence-electron chi connectivity index (χ3n) is 23.0. The van der Waals surface area contributed by atoms with E-state index in [-0.39, 0.29) is 130 Å². The molecule has 0 saturated heterocycles. The third-order valence-corrected chi connectivity index (χ3v) is 23.5. The van der Waals surface area contributed by atoms with Crippen LogP contribution in [0.3, 0.4) is 0 Å². The Morgan fingerprint density at radius 1 is 0.517 bits per heavy atom. The topological polar surface area (TPSA) is 823 Å². The summed E-state index contributed by atoms with van der Waals surface area (Å²) in [5.74, 6) is -21.2. The van der Waals surface area contributed by atoms with Crippen LogP contribution in [0.25, 0.3) is 5.57 Å². The minimum atomic E-state index is -2.18. The molecular formula is C94H139BrN13O35+. The van der Waals surface area contributed by atoms with Gasteiger partial charge in [0.05, 0.1) is 111 Å². The number of carboxylic acids is 7. The Morgan fingerprint density at radius 3 is 1.46 bits per heavy atom. The number of hydrogen-bond acceptors (Lipinski definition) is 29. The average molecular weight is 2090 g/mol. The first-order valence-corrected chi connectivity index (χ1v) is 47.0. The predicted molar refractivity (Wildman–Crippen MR) is 514 cm³/mol. The van der Waals surface area contributed by atoms with Crippen molar-refractivity contribution in [3.05, 3.63) is 81.1 Å². The number of aliphatic carboxylic acids is 7. The lowest BCUT2D eigenvalue weighted by molar-refractivity contribution is -0.743. The Hall–Kier alpha value is -13.2. The van der Waals surface area contributed by atoms with Gasteiger partial charge in [0, 0.05) is 124 Å². The Balaban J connectivity index is 0.00000726. The zero-order chi connectivity index (χ0) is 105. The average Bonchev–Trinajstić information content (AvgIpc) is 1.60. The summed E-state index contributed by atoms with van der Waals surface area (Å²) in [6.07, 6.45) is 7.07. The number of Topliss-reactive ketones (excluding diaryl/α,β-unsaturated/α-hetero) is 4. The number of allylic oxidation sites excluding steroid dienone is 2. The quantitative estimate of drug-likeness (QED) is 0.0113. The highest BCUT2D eigenvalue weighted by atomic mass is 79.9. The Morgan fingerprint density at radius 2 is 0.972 bits per heavy atom. The first-order chi connectivity index (χ1) is 66.2. The van der Waals surface area contributed by atoms with E-state index in [4.69, 9.17) is 26.5 Å². The van der Waals surface area contributed by atoms with E-state index >= 15 is 0 Å². The number of nitrogens with two attached hydrogens (primary N) is 2. The summed E-state index contributed by atoms with van der Waals surface area (Å²) in [4.78, 5) is 287. The fourth-order valence-electron chi connectivity index (χ4n) is 15.0. The van der Waals surface area contributed by atoms with E-state index in [9.17, 15) is 146 Å². The number of unbranched alkanes of at least 4 members (excludes halogenated alkanes) is 14. The summed E-state index contributed by atoms with van der Waals surface area (Å²) in [6, 6.07) is 3.26. The van der Waals surface area contributed by atoms with Crippen LogP contribution in [0.4, 0.5) is 10.5 Å². The molecule has 0 fully saturated rings. The van der Waals surface area contributed by atoms with Gasteiger partial charge in [-0.3, -0.25) is 87.4 Å². The van der Waals surface area contributed by atoms with E-state index in [0.29, 0.717) is 43.6 Å². The van der Waals surface area contributed by atoms with Crippen LogP contribution in [0.1, 0.15) is 243 Å². The maximum atomic E-state index is 13.8. The van der Waals surface area contributed by atoms with Crippen LogP contribution >= 0.6 is 15.9 Å². The number of carbonyl (C=O) groups is 23. The van der Waals surface area contributed by atoms with Gasteiger partial charge in [0.2, 0.25) is 35.4 Å². The number of hydrogen-bond donors (Lipinski definition) is 18. The van der Waals surface area contributed by atoms with Crippen LogP contribution in [-0.4, -0.2) is 294 Å². The molecule has 10 amide bonds. The molecular weight excluding hydrogens is 1950 g/mol. The normalized spacial score (nSPS) is 14.4. The second kappa shape index (κ2) is 68.8. The number of nitrogens with one attached hydrogen (secondary N) is 9. The molecule has 0 saturated carbocycles. The molecule has 0 radical (unpaired) electrons. The van der Waals surface area contributed by atoms with Crippen molar-refractivity contribution >= 4 is 170 Å². The van der Waals surface area contributed by atoms with Gasteiger partial charge in [-0.05, 0) is 75.6 Å². The number of halogens is 1. The van der Waals surface area contributed by atoms with Gasteiger partial charge in [0.1, 0.15) is 37.5 Å². The molecule has 143 heavy (non-hydrogen) atoms. The zero-order valence-corrected chi connectivity index (χ0v) is 82.3. The summed E-state index contributed by atoms with van der Waals surface area (Å²) in [5.41, 5.74) is 10.7. The van der Waals surface area contributed by atoms with E-state index in [1.807, 2.05) is 53.1 Å². The van der Waals surface area contributed by atoms with E-state index in [2.05, 4.69) is 47.8 Å². The maximum absolute atomic E-state index is 13.8. The van der Waals surface area contributed by atoms with Crippen LogP contribution in [-0.2, 0) is 121 Å². The number of fused-ring (bicyclic) bond motifs is 2. The van der Waals surface area contributed by atoms with Crippen molar-refractivity contribution in [1.29, 1.82) is 5.41 Å². The molecule has 1 aliphatic carbocycles. The number of likely N-dealkylation sites (N-methyl/N-ethyl adjacent to an activating group) is 1. The lowest BCUT2D eigenvalue weighted by atomic mass is 9.88. The van der Waals surface area contributed by atoms with E-state index in [1.54, 1.807) is 0 Å². The van der Waals surface area contributed by atoms with Gasteiger partial charge in [-0.25, -0.2) is 25.0 Å². The molecule has 1 heterocycles. The van der Waals surface area contributed by atoms with Gasteiger partial charge in [0.15, 0.2) is 29.7 Å². The number of amides is 10. The van der Waals surface area contributed by atoms with Crippen molar-refractivity contribution in [2.45, 2.75) is 263 Å². The molecule has 9 atom stereocenters. The van der Waals surface area contributed by atoms with Crippen LogP contribution in [0.15, 0.2) is 64.4 Å². The number of ketones is 4. The molecule has 48 nitrogen and oxygen atoms in total. The van der Waals surface area contributed by atoms with Gasteiger partial charge in [-0.15, -0.1) is 0 Å². The number of anilines is 1. The zero-order valence-electron chi connectivity index (χ0n) is 80.7. The molecule has 9 unspecified atom stereocenters. The number of carboxylic acid groups (broad SMARTS) is 7. The maximum Gasteiger partial charge on any atom is 0.424 e. The predicted octanol–water partition coefficient (Wildman–Crippen LogP) is 2.37. The van der Waals surface area contributed by atoms with E-state index in [0.717, 1.165) is 143 Å². The minimum Gasteiger partial charge on any atom is -0.481 e. The summed E-state index contributed by atoms with van der Waals surface area (Å²) in [6.45, 7) is 3.60. The molecule has 0 spiro atoms. The SMILES string of the molecule is CC(=O)[N+](C)(CC(=O)O)C(=O)NC(CC(=O)O)C(=O)CC(CC=O)C(=O)NC(CC(=O)O)C(=O)CC(CC(=O)O)C(=O)NC(CC=O)C(=O)CC(CC(=O)O)C(=O)NC(CC=O)C(=O)CCCOCCOCC(=O)NCCCCCCCCCCC(=O)NCCCCCCCCCCC(=O)NC(CCN(N)/C=C(\N)CC(C)(C)C(=O)O)C(=O)O.N=C1/C(=C2/C(=O)Nc3cc(Br)ccc32)Cc2ccccc21.O.O.O. The molecule has 2 aromatic carbocycles. The lowest BCUT2D eigenvalue weighted by Crippen LogP contribution is -2.62. The van der Waals surface area contributed by atoms with Crippen molar-refractivity contribution < 1.29 is 176 Å². The molecule has 26 N–H and O–H groups in total. The number of ether oxygens (including phenoxy) is 2. The Kier molecular flexibility index (Phi) is 62.5. The second-order valence-corrected chi connectivity index (χ2v) is 35.9. The number of hydrazine groups is 1. The second-order valence-electron chi connectivity index (χ2n) is 35.0. The lowest BCUT2D eigenvalue weighted by Gasteiger charge is -2.28. The summed E-state index contributed by atoms with van der Waals surface area (Å²) in [7, 11) is 0.840. The van der Waals surface area contributed by atoms with Crippen molar-refractivity contribution in [1.82, 2.24) is 42.2 Å². The van der Waals surface area contributed by atoms with Crippen molar-refractivity contribution in [3.8, 4) is 0 Å². The minimum absolute atomic E-state index is 0. The highest BCUT2D eigenvalue weighted by Gasteiger charge is 2.44. The van der Waals surface area contributed by atoms with Crippen molar-refractivity contribution in [2.75, 3.05) is 65.0 Å². The molecule has 796 valence electrons. The molecule has 0 aromatic heterocycles. The molecule has 2 aliphatic rings.